The number of pyridine rings is 1. The smallest absolute Gasteiger partial charge is 0.170 e. The van der Waals surface area contributed by atoms with Gasteiger partial charge >= 0.3 is 0 Å². The first-order valence-corrected chi connectivity index (χ1v) is 7.05. The Morgan fingerprint density at radius 3 is 3.10 bits per heavy atom. The van der Waals surface area contributed by atoms with Gasteiger partial charge in [0.25, 0.3) is 0 Å². The van der Waals surface area contributed by atoms with Crippen LogP contribution in [-0.4, -0.2) is 41.0 Å². The predicted octanol–water partition coefficient (Wildman–Crippen LogP) is 2.15. The van der Waals surface area contributed by atoms with Gasteiger partial charge in [-0.2, -0.15) is 0 Å². The molecule has 3 heterocycles. The van der Waals surface area contributed by atoms with Crippen LogP contribution in [0.3, 0.4) is 0 Å². The molecule has 1 aliphatic rings. The van der Waals surface area contributed by atoms with Gasteiger partial charge in [0.05, 0.1) is 18.8 Å². The van der Waals surface area contributed by atoms with Crippen molar-refractivity contribution in [1.29, 1.82) is 0 Å². The van der Waals surface area contributed by atoms with Gasteiger partial charge in [0.1, 0.15) is 11.3 Å². The fourth-order valence-corrected chi connectivity index (χ4v) is 2.76. The Labute approximate surface area is 118 Å². The van der Waals surface area contributed by atoms with E-state index in [1.807, 2.05) is 28.8 Å². The predicted molar refractivity (Wildman–Crippen MR) is 77.4 cm³/mol. The minimum absolute atomic E-state index is 0.155. The number of nitrogens with zero attached hydrogens (tertiary/aromatic N) is 3. The van der Waals surface area contributed by atoms with Gasteiger partial charge in [-0.25, -0.2) is 4.98 Å². The minimum Gasteiger partial charge on any atom is -0.375 e. The van der Waals surface area contributed by atoms with Crippen molar-refractivity contribution in [3.05, 3.63) is 30.1 Å². The lowest BCUT2D eigenvalue weighted by molar-refractivity contribution is 0.0296. The van der Waals surface area contributed by atoms with Crippen molar-refractivity contribution < 1.29 is 9.53 Å². The molecule has 0 spiro atoms. The fraction of sp³-hybridized carbons (Fsp3) is 0.467. The van der Waals surface area contributed by atoms with Crippen LogP contribution in [0.2, 0.25) is 0 Å². The van der Waals surface area contributed by atoms with E-state index in [0.717, 1.165) is 30.7 Å². The highest BCUT2D eigenvalue weighted by atomic mass is 16.5. The highest BCUT2D eigenvalue weighted by Gasteiger charge is 2.29. The number of ether oxygens (including phenoxy) is 1. The van der Waals surface area contributed by atoms with Gasteiger partial charge < -0.3 is 9.64 Å². The Hall–Kier alpha value is -1.88. The van der Waals surface area contributed by atoms with Gasteiger partial charge in [-0.05, 0) is 25.5 Å². The van der Waals surface area contributed by atoms with Crippen LogP contribution in [0.4, 0.5) is 5.82 Å². The zero-order valence-corrected chi connectivity index (χ0v) is 11.8. The number of morpholine rings is 1. The summed E-state index contributed by atoms with van der Waals surface area (Å²) >= 11 is 0. The number of hydrogen-bond acceptors (Lipinski definition) is 4. The van der Waals surface area contributed by atoms with Crippen molar-refractivity contribution in [2.45, 2.75) is 32.4 Å². The molecular formula is C15H19N3O2. The molecule has 2 atom stereocenters. The Morgan fingerprint density at radius 1 is 1.50 bits per heavy atom. The van der Waals surface area contributed by atoms with E-state index in [4.69, 9.17) is 4.74 Å². The van der Waals surface area contributed by atoms with Crippen LogP contribution in [0.25, 0.3) is 5.65 Å². The van der Waals surface area contributed by atoms with Crippen molar-refractivity contribution >= 4 is 17.8 Å². The summed E-state index contributed by atoms with van der Waals surface area (Å²) in [6.07, 6.45) is 3.89. The molecule has 0 N–H and O–H groups in total. The molecule has 0 amide bonds. The van der Waals surface area contributed by atoms with Crippen molar-refractivity contribution in [2.75, 3.05) is 18.1 Å². The van der Waals surface area contributed by atoms with Gasteiger partial charge in [0.15, 0.2) is 12.1 Å². The fourth-order valence-electron chi connectivity index (χ4n) is 2.76. The molecule has 20 heavy (non-hydrogen) atoms. The molecule has 3 rings (SSSR count). The molecule has 1 aliphatic heterocycles. The molecule has 0 saturated carbocycles. The number of carbonyl (C=O) groups is 1. The zero-order valence-electron chi connectivity index (χ0n) is 11.8. The first kappa shape index (κ1) is 13.1. The molecule has 106 valence electrons. The lowest BCUT2D eigenvalue weighted by Crippen LogP contribution is -2.49. The number of aromatic nitrogens is 2. The second-order valence-electron chi connectivity index (χ2n) is 5.23. The lowest BCUT2D eigenvalue weighted by Gasteiger charge is -2.38. The second-order valence-corrected chi connectivity index (χ2v) is 5.23. The molecule has 0 bridgehead atoms. The van der Waals surface area contributed by atoms with Crippen molar-refractivity contribution in [3.63, 3.8) is 0 Å². The van der Waals surface area contributed by atoms with Crippen LogP contribution >= 0.6 is 0 Å². The van der Waals surface area contributed by atoms with E-state index < -0.39 is 0 Å². The van der Waals surface area contributed by atoms with Crippen LogP contribution in [0.5, 0.6) is 0 Å². The van der Waals surface area contributed by atoms with Crippen LogP contribution in [0.15, 0.2) is 24.4 Å². The summed E-state index contributed by atoms with van der Waals surface area (Å²) in [5, 5.41) is 0. The third-order valence-electron chi connectivity index (χ3n) is 3.87. The molecule has 0 radical (unpaired) electrons. The van der Waals surface area contributed by atoms with Gasteiger partial charge in [0.2, 0.25) is 0 Å². The van der Waals surface area contributed by atoms with Crippen LogP contribution in [0, 0.1) is 0 Å². The standard InChI is InChI=1S/C15H19N3O2/c1-3-12-10-20-11(2)8-18(12)15-13(9-19)17-7-5-4-6-14(17)16-15/h4-7,9,11-12H,3,8,10H2,1-2H3. The normalized spacial score (nSPS) is 23.2. The van der Waals surface area contributed by atoms with E-state index in [2.05, 4.69) is 23.7 Å². The van der Waals surface area contributed by atoms with E-state index in [0.29, 0.717) is 12.3 Å². The molecular weight excluding hydrogens is 254 g/mol. The Kier molecular flexibility index (Phi) is 3.44. The summed E-state index contributed by atoms with van der Waals surface area (Å²) in [6.45, 7) is 5.63. The molecule has 1 fully saturated rings. The maximum atomic E-state index is 11.5. The lowest BCUT2D eigenvalue weighted by atomic mass is 10.1. The number of hydrogen-bond donors (Lipinski definition) is 0. The van der Waals surface area contributed by atoms with E-state index in [9.17, 15) is 4.79 Å². The summed E-state index contributed by atoms with van der Waals surface area (Å²) < 4.78 is 7.56. The average Bonchev–Trinajstić information content (AvgIpc) is 2.85. The highest BCUT2D eigenvalue weighted by Crippen LogP contribution is 2.26. The van der Waals surface area contributed by atoms with Gasteiger partial charge in [-0.3, -0.25) is 9.20 Å². The Bertz CT molecular complexity index is 623. The summed E-state index contributed by atoms with van der Waals surface area (Å²) in [4.78, 5) is 18.4. The number of imidazole rings is 1. The SMILES string of the molecule is CCC1COC(C)CN1c1nc2ccccn2c1C=O. The molecule has 0 aliphatic carbocycles. The summed E-state index contributed by atoms with van der Waals surface area (Å²) in [5.41, 5.74) is 1.42. The molecule has 1 saturated heterocycles. The Morgan fingerprint density at radius 2 is 2.35 bits per heavy atom. The quantitative estimate of drug-likeness (QED) is 0.804. The number of fused-ring (bicyclic) bond motifs is 1. The zero-order chi connectivity index (χ0) is 14.1. The van der Waals surface area contributed by atoms with Crippen LogP contribution < -0.4 is 4.90 Å². The van der Waals surface area contributed by atoms with Crippen molar-refractivity contribution in [3.8, 4) is 0 Å². The van der Waals surface area contributed by atoms with E-state index in [1.54, 1.807) is 0 Å². The number of aldehydes is 1. The number of rotatable bonds is 3. The maximum absolute atomic E-state index is 11.5. The minimum atomic E-state index is 0.155. The van der Waals surface area contributed by atoms with E-state index in [1.165, 1.54) is 0 Å². The Balaban J connectivity index is 2.09. The molecule has 2 aromatic heterocycles. The molecule has 2 unspecified atom stereocenters. The van der Waals surface area contributed by atoms with E-state index >= 15 is 0 Å². The van der Waals surface area contributed by atoms with Gasteiger partial charge in [0, 0.05) is 12.7 Å². The molecule has 2 aromatic rings. The first-order valence-electron chi connectivity index (χ1n) is 7.05. The van der Waals surface area contributed by atoms with Crippen molar-refractivity contribution in [2.24, 2.45) is 0 Å². The number of carbonyl (C=O) groups excluding carboxylic acids is 1. The molecule has 5 nitrogen and oxygen atoms in total. The largest absolute Gasteiger partial charge is 0.375 e. The van der Waals surface area contributed by atoms with Crippen LogP contribution in [0.1, 0.15) is 30.8 Å². The summed E-state index contributed by atoms with van der Waals surface area (Å²) in [5.74, 6) is 0.771. The molecule has 0 aromatic carbocycles. The van der Waals surface area contributed by atoms with Crippen LogP contribution in [-0.2, 0) is 4.74 Å². The first-order chi connectivity index (χ1) is 9.74. The van der Waals surface area contributed by atoms with Gasteiger partial charge in [-0.15, -0.1) is 0 Å². The van der Waals surface area contributed by atoms with Gasteiger partial charge in [-0.1, -0.05) is 13.0 Å². The third kappa shape index (κ3) is 2.08. The summed E-state index contributed by atoms with van der Waals surface area (Å²) in [7, 11) is 0. The highest BCUT2D eigenvalue weighted by molar-refractivity contribution is 5.83. The monoisotopic (exact) mass is 273 g/mol. The topological polar surface area (TPSA) is 46.8 Å². The molecule has 5 heteroatoms. The number of anilines is 1. The average molecular weight is 273 g/mol. The maximum Gasteiger partial charge on any atom is 0.170 e. The second kappa shape index (κ2) is 5.25. The van der Waals surface area contributed by atoms with Crippen molar-refractivity contribution in [1.82, 2.24) is 9.38 Å². The summed E-state index contributed by atoms with van der Waals surface area (Å²) in [6, 6.07) is 6.03. The third-order valence-corrected chi connectivity index (χ3v) is 3.87. The van der Waals surface area contributed by atoms with E-state index in [-0.39, 0.29) is 12.1 Å².